The molecule has 104 valence electrons. The second-order valence-electron chi connectivity index (χ2n) is 4.82. The minimum Gasteiger partial charge on any atom is -0.507 e. The molecule has 0 saturated heterocycles. The van der Waals surface area contributed by atoms with Crippen LogP contribution in [0.15, 0.2) is 40.9 Å². The molecule has 1 N–H and O–H groups in total. The Morgan fingerprint density at radius 3 is 2.45 bits per heavy atom. The lowest BCUT2D eigenvalue weighted by Gasteiger charge is -2.20. The zero-order valence-corrected chi connectivity index (χ0v) is 13.2. The number of aromatic hydroxyl groups is 1. The molecule has 20 heavy (non-hydrogen) atoms. The fourth-order valence-corrected chi connectivity index (χ4v) is 2.38. The molecule has 0 fully saturated rings. The summed E-state index contributed by atoms with van der Waals surface area (Å²) >= 11 is 3.21. The van der Waals surface area contributed by atoms with Crippen molar-refractivity contribution in [2.45, 2.75) is 13.8 Å². The molecule has 0 aromatic heterocycles. The van der Waals surface area contributed by atoms with Crippen molar-refractivity contribution in [1.29, 1.82) is 0 Å². The zero-order valence-electron chi connectivity index (χ0n) is 11.6. The molecule has 0 saturated carbocycles. The quantitative estimate of drug-likeness (QED) is 0.900. The predicted molar refractivity (Wildman–Crippen MR) is 84.5 cm³/mol. The number of hydrogen-bond acceptors (Lipinski definition) is 2. The van der Waals surface area contributed by atoms with Crippen molar-refractivity contribution >= 4 is 27.5 Å². The van der Waals surface area contributed by atoms with Gasteiger partial charge < -0.3 is 10.0 Å². The van der Waals surface area contributed by atoms with Crippen LogP contribution in [-0.2, 0) is 0 Å². The standard InChI is InChI=1S/C16H16BrNO2/c1-10-4-7-14(11(2)8-10)18(3)16(20)12-5-6-13(17)15(19)9-12/h4-9,19H,1-3H3. The van der Waals surface area contributed by atoms with Gasteiger partial charge in [0.2, 0.25) is 0 Å². The van der Waals surface area contributed by atoms with Crippen LogP contribution in [0.2, 0.25) is 0 Å². The Labute approximate surface area is 127 Å². The highest BCUT2D eigenvalue weighted by Gasteiger charge is 2.16. The first-order chi connectivity index (χ1) is 9.40. The second-order valence-corrected chi connectivity index (χ2v) is 5.67. The summed E-state index contributed by atoms with van der Waals surface area (Å²) in [6.07, 6.45) is 0. The number of amides is 1. The van der Waals surface area contributed by atoms with Crippen molar-refractivity contribution in [2.24, 2.45) is 0 Å². The maximum Gasteiger partial charge on any atom is 0.258 e. The van der Waals surface area contributed by atoms with E-state index < -0.39 is 0 Å². The molecular formula is C16H16BrNO2. The van der Waals surface area contributed by atoms with E-state index >= 15 is 0 Å². The van der Waals surface area contributed by atoms with Crippen LogP contribution in [0.5, 0.6) is 5.75 Å². The molecule has 0 spiro atoms. The third-order valence-corrected chi connectivity index (χ3v) is 3.88. The Kier molecular flexibility index (Phi) is 4.14. The monoisotopic (exact) mass is 333 g/mol. The lowest BCUT2D eigenvalue weighted by atomic mass is 10.1. The Balaban J connectivity index is 2.34. The molecule has 2 rings (SSSR count). The van der Waals surface area contributed by atoms with Gasteiger partial charge in [0.05, 0.1) is 4.47 Å². The van der Waals surface area contributed by atoms with E-state index in [1.807, 2.05) is 32.0 Å². The van der Waals surface area contributed by atoms with Crippen LogP contribution in [0.3, 0.4) is 0 Å². The molecule has 0 aliphatic carbocycles. The topological polar surface area (TPSA) is 40.5 Å². The summed E-state index contributed by atoms with van der Waals surface area (Å²) in [5.41, 5.74) is 3.52. The molecule has 2 aromatic rings. The first kappa shape index (κ1) is 14.6. The molecular weight excluding hydrogens is 318 g/mol. The van der Waals surface area contributed by atoms with E-state index in [4.69, 9.17) is 0 Å². The van der Waals surface area contributed by atoms with Crippen LogP contribution in [0.25, 0.3) is 0 Å². The van der Waals surface area contributed by atoms with Crippen LogP contribution in [0, 0.1) is 13.8 Å². The molecule has 0 heterocycles. The number of aryl methyl sites for hydroxylation is 2. The minimum absolute atomic E-state index is 0.0601. The Hall–Kier alpha value is -1.81. The van der Waals surface area contributed by atoms with Crippen LogP contribution < -0.4 is 4.90 Å². The summed E-state index contributed by atoms with van der Waals surface area (Å²) in [6.45, 7) is 4.00. The van der Waals surface area contributed by atoms with Gasteiger partial charge in [-0.2, -0.15) is 0 Å². The molecule has 3 nitrogen and oxygen atoms in total. The third kappa shape index (κ3) is 2.85. The van der Waals surface area contributed by atoms with Crippen molar-refractivity contribution < 1.29 is 9.90 Å². The van der Waals surface area contributed by atoms with Crippen molar-refractivity contribution in [3.63, 3.8) is 0 Å². The van der Waals surface area contributed by atoms with Crippen molar-refractivity contribution in [2.75, 3.05) is 11.9 Å². The van der Waals surface area contributed by atoms with E-state index in [1.54, 1.807) is 24.1 Å². The van der Waals surface area contributed by atoms with E-state index in [-0.39, 0.29) is 11.7 Å². The van der Waals surface area contributed by atoms with Gasteiger partial charge in [0.1, 0.15) is 5.75 Å². The largest absolute Gasteiger partial charge is 0.507 e. The molecule has 0 radical (unpaired) electrons. The molecule has 4 heteroatoms. The predicted octanol–water partition coefficient (Wildman–Crippen LogP) is 4.05. The minimum atomic E-state index is -0.153. The number of anilines is 1. The van der Waals surface area contributed by atoms with Crippen LogP contribution in [0.1, 0.15) is 21.5 Å². The Bertz CT molecular complexity index is 668. The van der Waals surface area contributed by atoms with Gasteiger partial charge >= 0.3 is 0 Å². The maximum absolute atomic E-state index is 12.4. The number of nitrogens with zero attached hydrogens (tertiary/aromatic N) is 1. The number of carbonyl (C=O) groups is 1. The van der Waals surface area contributed by atoms with Crippen molar-refractivity contribution in [3.05, 3.63) is 57.6 Å². The smallest absolute Gasteiger partial charge is 0.258 e. The van der Waals surface area contributed by atoms with Crippen molar-refractivity contribution in [1.82, 2.24) is 0 Å². The van der Waals surface area contributed by atoms with E-state index in [1.165, 1.54) is 6.07 Å². The average molecular weight is 334 g/mol. The molecule has 0 atom stereocenters. The van der Waals surface area contributed by atoms with Crippen LogP contribution in [-0.4, -0.2) is 18.1 Å². The van der Waals surface area contributed by atoms with Gasteiger partial charge in [-0.15, -0.1) is 0 Å². The molecule has 1 amide bonds. The van der Waals surface area contributed by atoms with Gasteiger partial charge in [0.25, 0.3) is 5.91 Å². The summed E-state index contributed by atoms with van der Waals surface area (Å²) in [4.78, 5) is 14.0. The second kappa shape index (κ2) is 5.67. The highest BCUT2D eigenvalue weighted by molar-refractivity contribution is 9.10. The Morgan fingerprint density at radius 2 is 1.85 bits per heavy atom. The number of rotatable bonds is 2. The normalized spacial score (nSPS) is 10.4. The summed E-state index contributed by atoms with van der Waals surface area (Å²) < 4.78 is 0.572. The average Bonchev–Trinajstić information content (AvgIpc) is 2.40. The van der Waals surface area contributed by atoms with E-state index in [9.17, 15) is 9.90 Å². The molecule has 0 bridgehead atoms. The zero-order chi connectivity index (χ0) is 14.9. The van der Waals surface area contributed by atoms with E-state index in [2.05, 4.69) is 15.9 Å². The number of phenolic OH excluding ortho intramolecular Hbond substituents is 1. The number of phenols is 1. The lowest BCUT2D eigenvalue weighted by molar-refractivity contribution is 0.0992. The van der Waals surface area contributed by atoms with Gasteiger partial charge in [-0.1, -0.05) is 17.7 Å². The summed E-state index contributed by atoms with van der Waals surface area (Å²) in [7, 11) is 1.74. The van der Waals surface area contributed by atoms with Gasteiger partial charge in [-0.05, 0) is 59.6 Å². The number of benzene rings is 2. The van der Waals surface area contributed by atoms with Gasteiger partial charge in [-0.25, -0.2) is 0 Å². The van der Waals surface area contributed by atoms with Gasteiger partial charge in [-0.3, -0.25) is 4.79 Å². The van der Waals surface area contributed by atoms with Gasteiger partial charge in [0, 0.05) is 18.3 Å². The van der Waals surface area contributed by atoms with E-state index in [0.29, 0.717) is 10.0 Å². The van der Waals surface area contributed by atoms with Crippen molar-refractivity contribution in [3.8, 4) is 5.75 Å². The third-order valence-electron chi connectivity index (χ3n) is 3.21. The van der Waals surface area contributed by atoms with Crippen LogP contribution in [0.4, 0.5) is 5.69 Å². The summed E-state index contributed by atoms with van der Waals surface area (Å²) in [5.74, 6) is -0.0929. The number of hydrogen-bond donors (Lipinski definition) is 1. The summed E-state index contributed by atoms with van der Waals surface area (Å²) in [5, 5.41) is 9.67. The Morgan fingerprint density at radius 1 is 1.15 bits per heavy atom. The van der Waals surface area contributed by atoms with E-state index in [0.717, 1.165) is 16.8 Å². The first-order valence-corrected chi connectivity index (χ1v) is 7.03. The van der Waals surface area contributed by atoms with Gasteiger partial charge in [0.15, 0.2) is 0 Å². The highest BCUT2D eigenvalue weighted by atomic mass is 79.9. The lowest BCUT2D eigenvalue weighted by Crippen LogP contribution is -2.26. The summed E-state index contributed by atoms with van der Waals surface area (Å²) in [6, 6.07) is 10.8. The fourth-order valence-electron chi connectivity index (χ4n) is 2.13. The highest BCUT2D eigenvalue weighted by Crippen LogP contribution is 2.26. The maximum atomic E-state index is 12.4. The van der Waals surface area contributed by atoms with Crippen LogP contribution >= 0.6 is 15.9 Å². The molecule has 0 aliphatic heterocycles. The number of carbonyl (C=O) groups excluding carboxylic acids is 1. The molecule has 2 aromatic carbocycles. The molecule has 0 aliphatic rings. The molecule has 0 unspecified atom stereocenters. The SMILES string of the molecule is Cc1ccc(N(C)C(=O)c2ccc(Br)c(O)c2)c(C)c1. The fraction of sp³-hybridized carbons (Fsp3) is 0.188. The number of halogens is 1. The first-order valence-electron chi connectivity index (χ1n) is 6.24.